The van der Waals surface area contributed by atoms with E-state index in [-0.39, 0.29) is 6.29 Å². The zero-order chi connectivity index (χ0) is 12.5. The summed E-state index contributed by atoms with van der Waals surface area (Å²) in [6.07, 6.45) is 3.09. The van der Waals surface area contributed by atoms with Crippen LogP contribution in [-0.4, -0.2) is 70.1 Å². The van der Waals surface area contributed by atoms with Crippen LogP contribution in [-0.2, 0) is 9.47 Å². The first kappa shape index (κ1) is 13.6. The molecule has 18 heavy (non-hydrogen) atoms. The number of rotatable bonds is 2. The van der Waals surface area contributed by atoms with E-state index in [1.165, 1.54) is 0 Å². The summed E-state index contributed by atoms with van der Waals surface area (Å²) >= 11 is 0. The van der Waals surface area contributed by atoms with E-state index in [9.17, 15) is 0 Å². The van der Waals surface area contributed by atoms with E-state index in [1.54, 1.807) is 12.5 Å². The first-order valence-electron chi connectivity index (χ1n) is 6.75. The second-order valence-electron chi connectivity index (χ2n) is 4.52. The third-order valence-electron chi connectivity index (χ3n) is 3.09. The zero-order valence-electron chi connectivity index (χ0n) is 10.9. The second-order valence-corrected chi connectivity index (χ2v) is 4.52. The molecule has 1 fully saturated rings. The molecule has 6 nitrogen and oxygen atoms in total. The monoisotopic (exact) mass is 256 g/mol. The third-order valence-corrected chi connectivity index (χ3v) is 3.09. The maximum Gasteiger partial charge on any atom is 0.252 e. The summed E-state index contributed by atoms with van der Waals surface area (Å²) in [5, 5.41) is 10.3. The number of nitrogens with one attached hydrogen (secondary N) is 3. The van der Waals surface area contributed by atoms with E-state index in [0.717, 1.165) is 58.9 Å². The van der Waals surface area contributed by atoms with Crippen molar-refractivity contribution in [3.63, 3.8) is 0 Å². The van der Waals surface area contributed by atoms with Gasteiger partial charge in [0.15, 0.2) is 0 Å². The Morgan fingerprint density at radius 1 is 0.833 bits per heavy atom. The highest BCUT2D eigenvalue weighted by Gasteiger charge is 2.17. The standard InChI is InChI=1S/C12H24N4O2/c1-3-14-5-7-16(8-6-15-4-2-13-1)11-12-17-9-10-18-12/h9-10,12-15H,1-8,11H2. The number of nitrogens with zero attached hydrogens (tertiary/aromatic N) is 1. The molecule has 3 N–H and O–H groups in total. The minimum atomic E-state index is -0.139. The van der Waals surface area contributed by atoms with Crippen molar-refractivity contribution in [2.45, 2.75) is 6.29 Å². The van der Waals surface area contributed by atoms with E-state index in [0.29, 0.717) is 0 Å². The quantitative estimate of drug-likeness (QED) is 0.584. The molecule has 0 atom stereocenters. The lowest BCUT2D eigenvalue weighted by atomic mass is 10.4. The molecule has 104 valence electrons. The Labute approximate surface area is 109 Å². The lowest BCUT2D eigenvalue weighted by Gasteiger charge is -2.25. The van der Waals surface area contributed by atoms with Gasteiger partial charge in [-0.15, -0.1) is 0 Å². The Bertz CT molecular complexity index is 230. The molecule has 6 heteroatoms. The summed E-state index contributed by atoms with van der Waals surface area (Å²) in [7, 11) is 0. The van der Waals surface area contributed by atoms with Gasteiger partial charge in [-0.25, -0.2) is 0 Å². The van der Waals surface area contributed by atoms with Gasteiger partial charge in [-0.3, -0.25) is 4.90 Å². The van der Waals surface area contributed by atoms with Crippen LogP contribution in [0, 0.1) is 0 Å². The maximum absolute atomic E-state index is 5.33. The van der Waals surface area contributed by atoms with Crippen LogP contribution >= 0.6 is 0 Å². The van der Waals surface area contributed by atoms with E-state index < -0.39 is 0 Å². The predicted octanol–water partition coefficient (Wildman–Crippen LogP) is -1.09. The Balaban J connectivity index is 1.70. The van der Waals surface area contributed by atoms with Crippen LogP contribution in [0.5, 0.6) is 0 Å². The highest BCUT2D eigenvalue weighted by atomic mass is 16.7. The van der Waals surface area contributed by atoms with Crippen LogP contribution in [0.4, 0.5) is 0 Å². The fraction of sp³-hybridized carbons (Fsp3) is 0.833. The summed E-state index contributed by atoms with van der Waals surface area (Å²) in [5.74, 6) is 0. The normalized spacial score (nSPS) is 24.9. The molecule has 0 aromatic heterocycles. The average molecular weight is 256 g/mol. The molecule has 0 aromatic rings. The number of hydrogen-bond acceptors (Lipinski definition) is 6. The van der Waals surface area contributed by atoms with Crippen molar-refractivity contribution in [1.29, 1.82) is 0 Å². The Morgan fingerprint density at radius 3 is 1.89 bits per heavy atom. The van der Waals surface area contributed by atoms with Gasteiger partial charge in [-0.05, 0) is 0 Å². The number of hydrogen-bond donors (Lipinski definition) is 3. The van der Waals surface area contributed by atoms with Gasteiger partial charge in [0.25, 0.3) is 6.29 Å². The van der Waals surface area contributed by atoms with Gasteiger partial charge < -0.3 is 25.4 Å². The smallest absolute Gasteiger partial charge is 0.252 e. The Kier molecular flexibility index (Phi) is 6.28. The van der Waals surface area contributed by atoms with E-state index in [1.807, 2.05) is 0 Å². The molecule has 0 bridgehead atoms. The fourth-order valence-corrected chi connectivity index (χ4v) is 2.07. The summed E-state index contributed by atoms with van der Waals surface area (Å²) in [4.78, 5) is 2.37. The van der Waals surface area contributed by atoms with Gasteiger partial charge in [-0.2, -0.15) is 0 Å². The molecular weight excluding hydrogens is 232 g/mol. The predicted molar refractivity (Wildman–Crippen MR) is 70.1 cm³/mol. The van der Waals surface area contributed by atoms with Crippen molar-refractivity contribution >= 4 is 0 Å². The number of ether oxygens (including phenoxy) is 2. The Hall–Kier alpha value is -0.820. The third kappa shape index (κ3) is 5.22. The molecule has 2 heterocycles. The molecule has 0 spiro atoms. The minimum Gasteiger partial charge on any atom is -0.458 e. The molecule has 2 aliphatic heterocycles. The lowest BCUT2D eigenvalue weighted by molar-refractivity contribution is -0.0448. The van der Waals surface area contributed by atoms with Crippen molar-refractivity contribution in [2.24, 2.45) is 0 Å². The van der Waals surface area contributed by atoms with E-state index in [2.05, 4.69) is 20.9 Å². The highest BCUT2D eigenvalue weighted by Crippen LogP contribution is 2.06. The lowest BCUT2D eigenvalue weighted by Crippen LogP contribution is -2.44. The van der Waals surface area contributed by atoms with Gasteiger partial charge in [0.2, 0.25) is 0 Å². The maximum atomic E-state index is 5.33. The molecule has 0 radical (unpaired) electrons. The highest BCUT2D eigenvalue weighted by molar-refractivity contribution is 4.74. The van der Waals surface area contributed by atoms with Crippen LogP contribution in [0.2, 0.25) is 0 Å². The van der Waals surface area contributed by atoms with Gasteiger partial charge in [-0.1, -0.05) is 0 Å². The first-order valence-corrected chi connectivity index (χ1v) is 6.75. The van der Waals surface area contributed by atoms with Gasteiger partial charge in [0.05, 0.1) is 6.54 Å². The van der Waals surface area contributed by atoms with Crippen LogP contribution in [0.1, 0.15) is 0 Å². The van der Waals surface area contributed by atoms with Crippen molar-refractivity contribution in [1.82, 2.24) is 20.9 Å². The topological polar surface area (TPSA) is 57.8 Å². The molecule has 1 saturated heterocycles. The van der Waals surface area contributed by atoms with Crippen LogP contribution in [0.15, 0.2) is 12.5 Å². The van der Waals surface area contributed by atoms with Crippen molar-refractivity contribution < 1.29 is 9.47 Å². The minimum absolute atomic E-state index is 0.139. The first-order chi connectivity index (χ1) is 8.95. The van der Waals surface area contributed by atoms with Gasteiger partial charge >= 0.3 is 0 Å². The molecular formula is C12H24N4O2. The van der Waals surface area contributed by atoms with Crippen LogP contribution in [0.25, 0.3) is 0 Å². The molecule has 0 unspecified atom stereocenters. The molecule has 0 aromatic carbocycles. The molecule has 0 aliphatic carbocycles. The van der Waals surface area contributed by atoms with E-state index >= 15 is 0 Å². The van der Waals surface area contributed by atoms with Crippen LogP contribution in [0.3, 0.4) is 0 Å². The summed E-state index contributed by atoms with van der Waals surface area (Å²) < 4.78 is 10.7. The SMILES string of the molecule is C1=COC(CN2CCNCCNCCNCC2)O1. The average Bonchev–Trinajstić information content (AvgIpc) is 2.85. The van der Waals surface area contributed by atoms with Crippen LogP contribution < -0.4 is 16.0 Å². The molecule has 0 amide bonds. The van der Waals surface area contributed by atoms with Crippen molar-refractivity contribution in [3.05, 3.63) is 12.5 Å². The molecule has 2 aliphatic rings. The summed E-state index contributed by atoms with van der Waals surface area (Å²) in [6, 6.07) is 0. The van der Waals surface area contributed by atoms with Gasteiger partial charge in [0.1, 0.15) is 12.5 Å². The molecule has 2 rings (SSSR count). The van der Waals surface area contributed by atoms with Crippen molar-refractivity contribution in [2.75, 3.05) is 58.9 Å². The largest absolute Gasteiger partial charge is 0.458 e. The van der Waals surface area contributed by atoms with Crippen molar-refractivity contribution in [3.8, 4) is 0 Å². The zero-order valence-corrected chi connectivity index (χ0v) is 10.9. The second kappa shape index (κ2) is 8.31. The van der Waals surface area contributed by atoms with Gasteiger partial charge in [0, 0.05) is 52.4 Å². The fourth-order valence-electron chi connectivity index (χ4n) is 2.07. The summed E-state index contributed by atoms with van der Waals surface area (Å²) in [6.45, 7) is 8.95. The van der Waals surface area contributed by atoms with E-state index in [4.69, 9.17) is 9.47 Å². The summed E-state index contributed by atoms with van der Waals surface area (Å²) in [5.41, 5.74) is 0. The Morgan fingerprint density at radius 2 is 1.33 bits per heavy atom. The molecule has 0 saturated carbocycles.